The van der Waals surface area contributed by atoms with Crippen LogP contribution < -0.4 is 5.32 Å². The van der Waals surface area contributed by atoms with Gasteiger partial charge in [0.2, 0.25) is 5.91 Å². The lowest BCUT2D eigenvalue weighted by atomic mass is 9.84. The Kier molecular flexibility index (Phi) is 6.14. The van der Waals surface area contributed by atoms with Crippen LogP contribution in [-0.2, 0) is 14.6 Å². The molecule has 0 saturated heterocycles. The molecule has 0 aromatic carbocycles. The van der Waals surface area contributed by atoms with E-state index in [1.54, 1.807) is 0 Å². The third kappa shape index (κ3) is 3.85. The molecule has 1 amide bonds. The molecule has 0 aliphatic heterocycles. The van der Waals surface area contributed by atoms with Gasteiger partial charge in [-0.25, -0.2) is 8.42 Å². The van der Waals surface area contributed by atoms with E-state index >= 15 is 0 Å². The normalized spacial score (nSPS) is 13.4. The van der Waals surface area contributed by atoms with Gasteiger partial charge in [0.1, 0.15) is 4.75 Å². The molecule has 0 heterocycles. The number of hydrogen-bond donors (Lipinski definition) is 1. The molecular weight excluding hydrogens is 274 g/mol. The molecule has 0 aliphatic carbocycles. The Hall–Kier alpha value is -0.290. The minimum Gasteiger partial charge on any atom is -0.354 e. The maximum atomic E-state index is 12.0. The van der Waals surface area contributed by atoms with Gasteiger partial charge in [-0.2, -0.15) is 0 Å². The number of amides is 1. The monoisotopic (exact) mass is 297 g/mol. The van der Waals surface area contributed by atoms with Crippen molar-refractivity contribution >= 4 is 27.3 Å². The molecule has 0 aromatic rings. The summed E-state index contributed by atoms with van der Waals surface area (Å²) in [5.74, 6) is -0.0269. The van der Waals surface area contributed by atoms with E-state index in [1.807, 2.05) is 13.8 Å². The predicted octanol–water partition coefficient (Wildman–Crippen LogP) is 1.97. The Bertz CT molecular complexity index is 378. The fourth-order valence-corrected chi connectivity index (χ4v) is 2.27. The van der Waals surface area contributed by atoms with E-state index in [-0.39, 0.29) is 5.41 Å². The fraction of sp³-hybridized carbons (Fsp3) is 0.917. The summed E-state index contributed by atoms with van der Waals surface area (Å²) in [5, 5.41) is 2.72. The first-order valence-corrected chi connectivity index (χ1v) is 8.53. The Morgan fingerprint density at radius 1 is 1.22 bits per heavy atom. The van der Waals surface area contributed by atoms with Crippen molar-refractivity contribution in [3.63, 3.8) is 0 Å². The second-order valence-electron chi connectivity index (χ2n) is 5.31. The Morgan fingerprint density at radius 3 is 1.94 bits per heavy atom. The van der Waals surface area contributed by atoms with Gasteiger partial charge in [-0.05, 0) is 26.7 Å². The van der Waals surface area contributed by atoms with Crippen molar-refractivity contribution in [1.29, 1.82) is 0 Å². The van der Waals surface area contributed by atoms with Crippen molar-refractivity contribution in [2.45, 2.75) is 45.3 Å². The van der Waals surface area contributed by atoms with E-state index < -0.39 is 20.5 Å². The molecule has 0 unspecified atom stereocenters. The first-order chi connectivity index (χ1) is 8.06. The summed E-state index contributed by atoms with van der Waals surface area (Å²) in [4.78, 5) is 12.0. The summed E-state index contributed by atoms with van der Waals surface area (Å²) in [7, 11) is -3.43. The lowest BCUT2D eigenvalue weighted by molar-refractivity contribution is -0.123. The SMILES string of the molecule is CCC(CC)(CCl)CNC(=O)C(C)(C)S(C)(=O)=O. The minimum absolute atomic E-state index is 0.162. The van der Waals surface area contributed by atoms with Crippen LogP contribution in [0.4, 0.5) is 0 Å². The highest BCUT2D eigenvalue weighted by molar-refractivity contribution is 7.92. The molecule has 108 valence electrons. The van der Waals surface area contributed by atoms with Crippen LogP contribution in [0.3, 0.4) is 0 Å². The van der Waals surface area contributed by atoms with Crippen molar-refractivity contribution in [2.75, 3.05) is 18.7 Å². The van der Waals surface area contributed by atoms with Crippen LogP contribution in [0.25, 0.3) is 0 Å². The highest BCUT2D eigenvalue weighted by atomic mass is 35.5. The van der Waals surface area contributed by atoms with Crippen LogP contribution in [0.2, 0.25) is 0 Å². The van der Waals surface area contributed by atoms with Gasteiger partial charge in [0.15, 0.2) is 9.84 Å². The summed E-state index contributed by atoms with van der Waals surface area (Å²) in [6, 6.07) is 0. The van der Waals surface area contributed by atoms with Crippen molar-refractivity contribution in [1.82, 2.24) is 5.32 Å². The lowest BCUT2D eigenvalue weighted by Crippen LogP contribution is -2.50. The van der Waals surface area contributed by atoms with E-state index in [9.17, 15) is 13.2 Å². The number of nitrogens with one attached hydrogen (secondary N) is 1. The smallest absolute Gasteiger partial charge is 0.240 e. The number of alkyl halides is 1. The van der Waals surface area contributed by atoms with Gasteiger partial charge in [0, 0.05) is 24.1 Å². The third-order valence-electron chi connectivity index (χ3n) is 3.88. The first kappa shape index (κ1) is 17.7. The van der Waals surface area contributed by atoms with Gasteiger partial charge in [0.05, 0.1) is 0 Å². The lowest BCUT2D eigenvalue weighted by Gasteiger charge is -2.31. The molecule has 0 atom stereocenters. The molecule has 0 aromatic heterocycles. The van der Waals surface area contributed by atoms with E-state index in [0.29, 0.717) is 12.4 Å². The summed E-state index contributed by atoms with van der Waals surface area (Å²) in [6.07, 6.45) is 2.75. The van der Waals surface area contributed by atoms with Crippen molar-refractivity contribution in [3.8, 4) is 0 Å². The van der Waals surface area contributed by atoms with Crippen LogP contribution in [0.1, 0.15) is 40.5 Å². The predicted molar refractivity (Wildman–Crippen MR) is 75.7 cm³/mol. The van der Waals surface area contributed by atoms with Crippen molar-refractivity contribution in [3.05, 3.63) is 0 Å². The number of sulfone groups is 1. The second-order valence-corrected chi connectivity index (χ2v) is 8.14. The average Bonchev–Trinajstić information content (AvgIpc) is 2.29. The Morgan fingerprint density at radius 2 is 1.67 bits per heavy atom. The zero-order valence-corrected chi connectivity index (χ0v) is 13.4. The molecule has 6 heteroatoms. The summed E-state index contributed by atoms with van der Waals surface area (Å²) < 4.78 is 21.7. The highest BCUT2D eigenvalue weighted by Gasteiger charge is 2.39. The zero-order valence-electron chi connectivity index (χ0n) is 11.8. The molecule has 1 N–H and O–H groups in total. The van der Waals surface area contributed by atoms with E-state index in [4.69, 9.17) is 11.6 Å². The molecule has 0 saturated carbocycles. The Balaban J connectivity index is 4.80. The number of halogens is 1. The van der Waals surface area contributed by atoms with Crippen LogP contribution >= 0.6 is 11.6 Å². The Labute approximate surface area is 115 Å². The average molecular weight is 298 g/mol. The van der Waals surface area contributed by atoms with E-state index in [1.165, 1.54) is 13.8 Å². The van der Waals surface area contributed by atoms with Gasteiger partial charge in [-0.3, -0.25) is 4.79 Å². The summed E-state index contributed by atoms with van der Waals surface area (Å²) in [6.45, 7) is 7.26. The fourth-order valence-electron chi connectivity index (χ4n) is 1.39. The molecular formula is C12H24ClNO3S. The van der Waals surface area contributed by atoms with Crippen molar-refractivity contribution in [2.24, 2.45) is 5.41 Å². The number of hydrogen-bond acceptors (Lipinski definition) is 3. The highest BCUT2D eigenvalue weighted by Crippen LogP contribution is 2.27. The largest absolute Gasteiger partial charge is 0.354 e. The third-order valence-corrected chi connectivity index (χ3v) is 6.49. The standard InChI is InChI=1S/C12H24ClNO3S/c1-6-12(7-2,8-13)9-14-10(15)11(3,4)18(5,16)17/h6-9H2,1-5H3,(H,14,15). The van der Waals surface area contributed by atoms with Crippen LogP contribution in [-0.4, -0.2) is 37.8 Å². The van der Waals surface area contributed by atoms with Gasteiger partial charge >= 0.3 is 0 Å². The molecule has 0 radical (unpaired) electrons. The van der Waals surface area contributed by atoms with E-state index in [2.05, 4.69) is 5.32 Å². The van der Waals surface area contributed by atoms with Gasteiger partial charge in [-0.15, -0.1) is 11.6 Å². The maximum Gasteiger partial charge on any atom is 0.240 e. The number of carbonyl (C=O) groups is 1. The maximum absolute atomic E-state index is 12.0. The molecule has 0 bridgehead atoms. The van der Waals surface area contributed by atoms with Gasteiger partial charge in [0.25, 0.3) is 0 Å². The van der Waals surface area contributed by atoms with Crippen LogP contribution in [0.5, 0.6) is 0 Å². The first-order valence-electron chi connectivity index (χ1n) is 6.10. The van der Waals surface area contributed by atoms with E-state index in [0.717, 1.165) is 19.1 Å². The molecule has 4 nitrogen and oxygen atoms in total. The molecule has 0 spiro atoms. The topological polar surface area (TPSA) is 63.2 Å². The molecule has 18 heavy (non-hydrogen) atoms. The molecule has 0 fully saturated rings. The minimum atomic E-state index is -3.43. The van der Waals surface area contributed by atoms with Crippen LogP contribution in [0, 0.1) is 5.41 Å². The van der Waals surface area contributed by atoms with Gasteiger partial charge < -0.3 is 5.32 Å². The molecule has 0 aliphatic rings. The summed E-state index contributed by atoms with van der Waals surface area (Å²) >= 11 is 5.94. The number of rotatable bonds is 7. The quantitative estimate of drug-likeness (QED) is 0.731. The number of carbonyl (C=O) groups excluding carboxylic acids is 1. The van der Waals surface area contributed by atoms with Crippen molar-refractivity contribution < 1.29 is 13.2 Å². The summed E-state index contributed by atoms with van der Waals surface area (Å²) in [5.41, 5.74) is -0.162. The molecule has 0 rings (SSSR count). The zero-order chi connectivity index (χ0) is 14.6. The second kappa shape index (κ2) is 6.24. The van der Waals surface area contributed by atoms with Crippen LogP contribution in [0.15, 0.2) is 0 Å². The van der Waals surface area contributed by atoms with Gasteiger partial charge in [-0.1, -0.05) is 13.8 Å².